The van der Waals surface area contributed by atoms with Crippen molar-refractivity contribution in [2.45, 2.75) is 6.54 Å². The lowest BCUT2D eigenvalue weighted by Gasteiger charge is -2.04. The summed E-state index contributed by atoms with van der Waals surface area (Å²) in [4.78, 5) is 35.9. The van der Waals surface area contributed by atoms with E-state index in [2.05, 4.69) is 4.98 Å². The van der Waals surface area contributed by atoms with E-state index in [1.807, 2.05) is 0 Å². The number of nitrogens with zero attached hydrogens (tertiary/aromatic N) is 1. The minimum Gasteiger partial charge on any atom is -0.478 e. The number of fused-ring (bicyclic) bond motifs is 1. The number of aromatic nitrogens is 2. The van der Waals surface area contributed by atoms with Crippen LogP contribution in [0.15, 0.2) is 23.0 Å². The Hall–Kier alpha value is -2.61. The number of para-hydroxylation sites is 1. The lowest BCUT2D eigenvalue weighted by atomic mass is 10.2. The molecule has 8 nitrogen and oxygen atoms in total. The van der Waals surface area contributed by atoms with E-state index in [0.717, 1.165) is 0 Å². The number of primary amides is 1. The van der Waals surface area contributed by atoms with E-state index < -0.39 is 17.6 Å². The summed E-state index contributed by atoms with van der Waals surface area (Å²) in [6.07, 6.45) is 0. The molecule has 0 atom stereocenters. The first kappa shape index (κ1) is 13.8. The molecular formula is C12H13N3O5. The molecule has 1 heterocycles. The summed E-state index contributed by atoms with van der Waals surface area (Å²) >= 11 is 0. The maximum absolute atomic E-state index is 11.8. The third kappa shape index (κ3) is 2.69. The molecule has 0 unspecified atom stereocenters. The van der Waals surface area contributed by atoms with Crippen LogP contribution in [0.25, 0.3) is 11.0 Å². The number of carbonyl (C=O) groups is 2. The molecule has 2 aromatic rings. The number of nitrogens with one attached hydrogen (secondary N) is 1. The van der Waals surface area contributed by atoms with Crippen LogP contribution >= 0.6 is 0 Å². The molecule has 2 rings (SSSR count). The van der Waals surface area contributed by atoms with Crippen LogP contribution in [0.1, 0.15) is 10.4 Å². The van der Waals surface area contributed by atoms with Crippen LogP contribution in [0.2, 0.25) is 0 Å². The van der Waals surface area contributed by atoms with Gasteiger partial charge >= 0.3 is 11.7 Å². The summed E-state index contributed by atoms with van der Waals surface area (Å²) < 4.78 is 6.34. The van der Waals surface area contributed by atoms with Crippen molar-refractivity contribution in [3.63, 3.8) is 0 Å². The number of hydrogen-bond donors (Lipinski definition) is 3. The smallest absolute Gasteiger partial charge is 0.337 e. The van der Waals surface area contributed by atoms with Gasteiger partial charge in [0.1, 0.15) is 6.61 Å². The highest BCUT2D eigenvalue weighted by Gasteiger charge is 2.13. The Morgan fingerprint density at radius 3 is 2.80 bits per heavy atom. The number of benzene rings is 1. The molecule has 0 spiro atoms. The van der Waals surface area contributed by atoms with Crippen molar-refractivity contribution in [2.24, 2.45) is 5.73 Å². The predicted octanol–water partition coefficient (Wildman–Crippen LogP) is -0.470. The second kappa shape index (κ2) is 5.57. The number of rotatable bonds is 6. The quantitative estimate of drug-likeness (QED) is 0.616. The number of ether oxygens (including phenoxy) is 1. The average Bonchev–Trinajstić information content (AvgIpc) is 2.70. The van der Waals surface area contributed by atoms with Crippen LogP contribution < -0.4 is 11.4 Å². The molecule has 8 heteroatoms. The zero-order chi connectivity index (χ0) is 14.7. The summed E-state index contributed by atoms with van der Waals surface area (Å²) in [5.74, 6) is -1.71. The number of aromatic amines is 1. The van der Waals surface area contributed by atoms with Crippen molar-refractivity contribution in [3.8, 4) is 0 Å². The molecule has 0 aliphatic heterocycles. The molecule has 1 amide bonds. The Labute approximate surface area is 112 Å². The van der Waals surface area contributed by atoms with Gasteiger partial charge in [-0.3, -0.25) is 9.36 Å². The summed E-state index contributed by atoms with van der Waals surface area (Å²) in [6, 6.07) is 4.60. The topological polar surface area (TPSA) is 127 Å². The molecule has 0 fully saturated rings. The first-order valence-corrected chi connectivity index (χ1v) is 5.81. The molecule has 106 valence electrons. The highest BCUT2D eigenvalue weighted by atomic mass is 16.5. The van der Waals surface area contributed by atoms with Crippen LogP contribution in [0.5, 0.6) is 0 Å². The Kier molecular flexibility index (Phi) is 3.85. The monoisotopic (exact) mass is 279 g/mol. The molecule has 1 aromatic carbocycles. The standard InChI is InChI=1S/C12H13N3O5/c13-9(16)6-20-5-4-15-8-3-1-2-7(11(17)18)10(8)14-12(15)19/h1-3H,4-6H2,(H2,13,16)(H,14,19)(H,17,18). The van der Waals surface area contributed by atoms with Crippen LogP contribution in [0.4, 0.5) is 0 Å². The molecule has 4 N–H and O–H groups in total. The number of hydrogen-bond acceptors (Lipinski definition) is 4. The Morgan fingerprint density at radius 2 is 2.15 bits per heavy atom. The maximum atomic E-state index is 11.8. The predicted molar refractivity (Wildman–Crippen MR) is 69.5 cm³/mol. The van der Waals surface area contributed by atoms with Gasteiger partial charge in [-0.25, -0.2) is 9.59 Å². The third-order valence-electron chi connectivity index (χ3n) is 2.74. The third-order valence-corrected chi connectivity index (χ3v) is 2.74. The van der Waals surface area contributed by atoms with Gasteiger partial charge in [0, 0.05) is 0 Å². The summed E-state index contributed by atoms with van der Waals surface area (Å²) in [5, 5.41) is 9.05. The van der Waals surface area contributed by atoms with Crippen LogP contribution in [-0.2, 0) is 16.1 Å². The Bertz CT molecular complexity index is 715. The average molecular weight is 279 g/mol. The zero-order valence-corrected chi connectivity index (χ0v) is 10.5. The lowest BCUT2D eigenvalue weighted by Crippen LogP contribution is -2.23. The van der Waals surface area contributed by atoms with Gasteiger partial charge in [-0.1, -0.05) is 6.07 Å². The van der Waals surface area contributed by atoms with Crippen molar-refractivity contribution in [1.29, 1.82) is 0 Å². The Balaban J connectivity index is 2.28. The van der Waals surface area contributed by atoms with Crippen molar-refractivity contribution >= 4 is 22.9 Å². The van der Waals surface area contributed by atoms with Gasteiger partial charge in [-0.05, 0) is 12.1 Å². The van der Waals surface area contributed by atoms with Gasteiger partial charge in [-0.15, -0.1) is 0 Å². The van der Waals surface area contributed by atoms with E-state index in [1.165, 1.54) is 10.6 Å². The van der Waals surface area contributed by atoms with Crippen LogP contribution in [0, 0.1) is 0 Å². The summed E-state index contributed by atoms with van der Waals surface area (Å²) in [6.45, 7) is 0.0831. The van der Waals surface area contributed by atoms with Gasteiger partial charge in [0.2, 0.25) is 5.91 Å². The van der Waals surface area contributed by atoms with Crippen molar-refractivity contribution < 1.29 is 19.4 Å². The number of nitrogens with two attached hydrogens (primary N) is 1. The molecule has 0 saturated heterocycles. The molecule has 20 heavy (non-hydrogen) atoms. The van der Waals surface area contributed by atoms with Gasteiger partial charge in [0.05, 0.1) is 29.7 Å². The van der Waals surface area contributed by atoms with Gasteiger partial charge in [-0.2, -0.15) is 0 Å². The van der Waals surface area contributed by atoms with E-state index in [4.69, 9.17) is 15.6 Å². The van der Waals surface area contributed by atoms with Gasteiger partial charge < -0.3 is 20.6 Å². The minimum absolute atomic E-state index is 0.0244. The van der Waals surface area contributed by atoms with E-state index in [9.17, 15) is 14.4 Å². The number of amides is 1. The molecule has 0 radical (unpaired) electrons. The fourth-order valence-electron chi connectivity index (χ4n) is 1.91. The number of carboxylic acids is 1. The molecule has 1 aromatic heterocycles. The highest BCUT2D eigenvalue weighted by Crippen LogP contribution is 2.15. The van der Waals surface area contributed by atoms with Crippen LogP contribution in [0.3, 0.4) is 0 Å². The van der Waals surface area contributed by atoms with E-state index >= 15 is 0 Å². The zero-order valence-electron chi connectivity index (χ0n) is 10.5. The fraction of sp³-hybridized carbons (Fsp3) is 0.250. The maximum Gasteiger partial charge on any atom is 0.337 e. The van der Waals surface area contributed by atoms with E-state index in [1.54, 1.807) is 12.1 Å². The largest absolute Gasteiger partial charge is 0.478 e. The summed E-state index contributed by atoms with van der Waals surface area (Å²) in [7, 11) is 0. The SMILES string of the molecule is NC(=O)COCCn1c(=O)[nH]c2c(C(=O)O)cccc21. The van der Waals surface area contributed by atoms with Gasteiger partial charge in [0.15, 0.2) is 0 Å². The second-order valence-electron chi connectivity index (χ2n) is 4.11. The number of imidazole rings is 1. The number of carbonyl (C=O) groups excluding carboxylic acids is 1. The number of carboxylic acid groups (broad SMARTS) is 1. The number of H-pyrrole nitrogens is 1. The summed E-state index contributed by atoms with van der Waals surface area (Å²) in [5.41, 5.74) is 5.25. The lowest BCUT2D eigenvalue weighted by molar-refractivity contribution is -0.122. The number of aromatic carboxylic acids is 1. The van der Waals surface area contributed by atoms with Crippen molar-refractivity contribution in [2.75, 3.05) is 13.2 Å². The highest BCUT2D eigenvalue weighted by molar-refractivity contribution is 6.00. The molecule has 0 bridgehead atoms. The van der Waals surface area contributed by atoms with Crippen molar-refractivity contribution in [1.82, 2.24) is 9.55 Å². The Morgan fingerprint density at radius 1 is 1.40 bits per heavy atom. The van der Waals surface area contributed by atoms with Crippen LogP contribution in [-0.4, -0.2) is 39.7 Å². The van der Waals surface area contributed by atoms with E-state index in [0.29, 0.717) is 5.52 Å². The molecular weight excluding hydrogens is 266 g/mol. The normalized spacial score (nSPS) is 10.8. The van der Waals surface area contributed by atoms with E-state index in [-0.39, 0.29) is 30.8 Å². The first-order chi connectivity index (χ1) is 9.50. The minimum atomic E-state index is -1.12. The molecule has 0 aliphatic carbocycles. The van der Waals surface area contributed by atoms with Crippen molar-refractivity contribution in [3.05, 3.63) is 34.2 Å². The van der Waals surface area contributed by atoms with Gasteiger partial charge in [0.25, 0.3) is 0 Å². The fourth-order valence-corrected chi connectivity index (χ4v) is 1.91. The second-order valence-corrected chi connectivity index (χ2v) is 4.11. The molecule has 0 saturated carbocycles. The molecule has 0 aliphatic rings. The first-order valence-electron chi connectivity index (χ1n) is 5.81.